The molecule has 0 N–H and O–H groups in total. The van der Waals surface area contributed by atoms with Crippen LogP contribution < -0.4 is 0 Å². The first-order valence-corrected chi connectivity index (χ1v) is 5.19. The lowest BCUT2D eigenvalue weighted by Gasteiger charge is -2.07. The average molecular weight is 200 g/mol. The topological polar surface area (TPSA) is 17.1 Å². The molecule has 0 fully saturated rings. The third kappa shape index (κ3) is 2.95. The molecule has 0 radical (unpaired) electrons. The van der Waals surface area contributed by atoms with E-state index in [2.05, 4.69) is 5.92 Å². The quantitative estimate of drug-likeness (QED) is 0.414. The Kier molecular flexibility index (Phi) is 4.12. The summed E-state index contributed by atoms with van der Waals surface area (Å²) in [5.74, 6) is 2.76. The molecule has 0 spiro atoms. The van der Waals surface area contributed by atoms with Gasteiger partial charge in [-0.2, -0.15) is 0 Å². The van der Waals surface area contributed by atoms with E-state index in [1.54, 1.807) is 0 Å². The lowest BCUT2D eigenvalue weighted by Crippen LogP contribution is -2.04. The van der Waals surface area contributed by atoms with Crippen molar-refractivity contribution in [1.82, 2.24) is 0 Å². The Bertz CT molecular complexity index is 376. The van der Waals surface area contributed by atoms with Crippen molar-refractivity contribution in [2.45, 2.75) is 33.1 Å². The molecule has 0 atom stereocenters. The molecule has 0 aromatic heterocycles. The highest BCUT2D eigenvalue weighted by Crippen LogP contribution is 2.16. The summed E-state index contributed by atoms with van der Waals surface area (Å²) in [5, 5.41) is 0. The van der Waals surface area contributed by atoms with Gasteiger partial charge in [-0.3, -0.25) is 4.79 Å². The minimum Gasteiger partial charge on any atom is -0.294 e. The van der Waals surface area contributed by atoms with Gasteiger partial charge in [-0.05, 0) is 31.4 Å². The van der Waals surface area contributed by atoms with Crippen molar-refractivity contribution in [3.63, 3.8) is 0 Å². The fourth-order valence-corrected chi connectivity index (χ4v) is 1.73. The van der Waals surface area contributed by atoms with Crippen LogP contribution in [-0.4, -0.2) is 5.78 Å². The molecule has 1 aromatic carbocycles. The Morgan fingerprint density at radius 3 is 2.47 bits per heavy atom. The van der Waals surface area contributed by atoms with Crippen molar-refractivity contribution in [3.8, 4) is 12.3 Å². The van der Waals surface area contributed by atoms with E-state index in [1.807, 2.05) is 32.0 Å². The number of unbranched alkanes of at least 4 members (excludes halogenated alkanes) is 1. The number of rotatable bonds is 4. The van der Waals surface area contributed by atoms with Gasteiger partial charge in [0.15, 0.2) is 5.78 Å². The molecule has 0 amide bonds. The first-order chi connectivity index (χ1) is 7.16. The standard InChI is InChI=1S/C14H16O/c1-4-5-6-10-13(15)14-11(2)8-7-9-12(14)3/h1,7-9H,5-6,10H2,2-3H3. The van der Waals surface area contributed by atoms with Gasteiger partial charge in [0.1, 0.15) is 0 Å². The summed E-state index contributed by atoms with van der Waals surface area (Å²) in [7, 11) is 0. The highest BCUT2D eigenvalue weighted by Gasteiger charge is 2.10. The molecule has 0 aliphatic heterocycles. The number of Topliss-reactive ketones (excluding diaryl/α,β-unsaturated/α-hetero) is 1. The zero-order valence-corrected chi connectivity index (χ0v) is 9.34. The maximum atomic E-state index is 11.9. The molecule has 0 aliphatic rings. The lowest BCUT2D eigenvalue weighted by atomic mass is 9.96. The van der Waals surface area contributed by atoms with Crippen molar-refractivity contribution in [3.05, 3.63) is 34.9 Å². The molecular formula is C14H16O. The first kappa shape index (κ1) is 11.5. The van der Waals surface area contributed by atoms with Crippen molar-refractivity contribution < 1.29 is 4.79 Å². The summed E-state index contributed by atoms with van der Waals surface area (Å²) < 4.78 is 0. The van der Waals surface area contributed by atoms with E-state index in [0.29, 0.717) is 12.8 Å². The molecule has 1 aromatic rings. The Labute approximate surface area is 91.5 Å². The van der Waals surface area contributed by atoms with E-state index in [9.17, 15) is 4.79 Å². The Morgan fingerprint density at radius 2 is 1.93 bits per heavy atom. The number of hydrogen-bond donors (Lipinski definition) is 0. The van der Waals surface area contributed by atoms with Gasteiger partial charge in [-0.1, -0.05) is 18.2 Å². The first-order valence-electron chi connectivity index (χ1n) is 5.19. The summed E-state index contributed by atoms with van der Waals surface area (Å²) in [4.78, 5) is 11.9. The van der Waals surface area contributed by atoms with E-state index in [-0.39, 0.29) is 5.78 Å². The number of hydrogen-bond acceptors (Lipinski definition) is 1. The van der Waals surface area contributed by atoms with E-state index >= 15 is 0 Å². The number of terminal acetylenes is 1. The van der Waals surface area contributed by atoms with Crippen molar-refractivity contribution >= 4 is 5.78 Å². The summed E-state index contributed by atoms with van der Waals surface area (Å²) in [6, 6.07) is 5.92. The van der Waals surface area contributed by atoms with Crippen LogP contribution in [0.4, 0.5) is 0 Å². The molecule has 15 heavy (non-hydrogen) atoms. The van der Waals surface area contributed by atoms with Gasteiger partial charge >= 0.3 is 0 Å². The SMILES string of the molecule is C#CCCCC(=O)c1c(C)cccc1C. The maximum absolute atomic E-state index is 11.9. The van der Waals surface area contributed by atoms with Crippen LogP contribution in [0, 0.1) is 26.2 Å². The number of carbonyl (C=O) groups is 1. The summed E-state index contributed by atoms with van der Waals surface area (Å²) in [5.41, 5.74) is 2.98. The van der Waals surface area contributed by atoms with Gasteiger partial charge in [0.25, 0.3) is 0 Å². The molecule has 0 heterocycles. The summed E-state index contributed by atoms with van der Waals surface area (Å²) >= 11 is 0. The molecule has 0 saturated heterocycles. The fraction of sp³-hybridized carbons (Fsp3) is 0.357. The van der Waals surface area contributed by atoms with Crippen LogP contribution >= 0.6 is 0 Å². The minimum absolute atomic E-state index is 0.209. The second kappa shape index (κ2) is 5.36. The molecule has 1 rings (SSSR count). The second-order valence-electron chi connectivity index (χ2n) is 3.75. The van der Waals surface area contributed by atoms with Crippen molar-refractivity contribution in [2.24, 2.45) is 0 Å². The monoisotopic (exact) mass is 200 g/mol. The van der Waals surface area contributed by atoms with Crippen LogP contribution in [0.15, 0.2) is 18.2 Å². The Morgan fingerprint density at radius 1 is 1.33 bits per heavy atom. The maximum Gasteiger partial charge on any atom is 0.163 e. The molecule has 0 aliphatic carbocycles. The largest absolute Gasteiger partial charge is 0.294 e. The number of aryl methyl sites for hydroxylation is 2. The molecule has 0 unspecified atom stereocenters. The van der Waals surface area contributed by atoms with Gasteiger partial charge < -0.3 is 0 Å². The third-order valence-electron chi connectivity index (χ3n) is 2.48. The predicted molar refractivity (Wildman–Crippen MR) is 62.9 cm³/mol. The third-order valence-corrected chi connectivity index (χ3v) is 2.48. The highest BCUT2D eigenvalue weighted by molar-refractivity contribution is 5.98. The summed E-state index contributed by atoms with van der Waals surface area (Å²) in [6.45, 7) is 3.95. The zero-order valence-electron chi connectivity index (χ0n) is 9.34. The Balaban J connectivity index is 2.78. The summed E-state index contributed by atoms with van der Waals surface area (Å²) in [6.07, 6.45) is 7.16. The van der Waals surface area contributed by atoms with Crippen molar-refractivity contribution in [1.29, 1.82) is 0 Å². The molecular weight excluding hydrogens is 184 g/mol. The molecule has 0 bridgehead atoms. The average Bonchev–Trinajstić information content (AvgIpc) is 2.18. The van der Waals surface area contributed by atoms with Crippen LogP contribution in [0.3, 0.4) is 0 Å². The van der Waals surface area contributed by atoms with Gasteiger partial charge in [0.2, 0.25) is 0 Å². The van der Waals surface area contributed by atoms with Gasteiger partial charge in [-0.15, -0.1) is 12.3 Å². The molecule has 1 heteroatoms. The van der Waals surface area contributed by atoms with Crippen LogP contribution in [0.25, 0.3) is 0 Å². The fourth-order valence-electron chi connectivity index (χ4n) is 1.73. The predicted octanol–water partition coefficient (Wildman–Crippen LogP) is 3.29. The van der Waals surface area contributed by atoms with E-state index in [4.69, 9.17) is 6.42 Å². The van der Waals surface area contributed by atoms with E-state index < -0.39 is 0 Å². The second-order valence-corrected chi connectivity index (χ2v) is 3.75. The van der Waals surface area contributed by atoms with Crippen molar-refractivity contribution in [2.75, 3.05) is 0 Å². The molecule has 0 saturated carbocycles. The van der Waals surface area contributed by atoms with Crippen LogP contribution in [0.2, 0.25) is 0 Å². The zero-order chi connectivity index (χ0) is 11.3. The minimum atomic E-state index is 0.209. The molecule has 78 valence electrons. The smallest absolute Gasteiger partial charge is 0.163 e. The Hall–Kier alpha value is -1.55. The normalized spacial score (nSPS) is 9.67. The van der Waals surface area contributed by atoms with Crippen LogP contribution in [0.5, 0.6) is 0 Å². The lowest BCUT2D eigenvalue weighted by molar-refractivity contribution is 0.0979. The van der Waals surface area contributed by atoms with Crippen LogP contribution in [0.1, 0.15) is 40.7 Å². The number of carbonyl (C=O) groups excluding carboxylic acids is 1. The number of benzene rings is 1. The number of ketones is 1. The van der Waals surface area contributed by atoms with Gasteiger partial charge in [-0.25, -0.2) is 0 Å². The van der Waals surface area contributed by atoms with E-state index in [0.717, 1.165) is 23.1 Å². The van der Waals surface area contributed by atoms with E-state index in [1.165, 1.54) is 0 Å². The molecule has 1 nitrogen and oxygen atoms in total. The van der Waals surface area contributed by atoms with Gasteiger partial charge in [0.05, 0.1) is 0 Å². The van der Waals surface area contributed by atoms with Gasteiger partial charge in [0, 0.05) is 18.4 Å². The highest BCUT2D eigenvalue weighted by atomic mass is 16.1. The van der Waals surface area contributed by atoms with Crippen LogP contribution in [-0.2, 0) is 0 Å².